The number of ether oxygens (including phenoxy) is 1. The van der Waals surface area contributed by atoms with Crippen LogP contribution in [-0.4, -0.2) is 43.0 Å². The minimum Gasteiger partial charge on any atom is -0.462 e. The van der Waals surface area contributed by atoms with Crippen LogP contribution in [0, 0.1) is 0 Å². The summed E-state index contributed by atoms with van der Waals surface area (Å²) in [5.74, 6) is 0.0556. The standard InChI is InChI=1S/C18H15N5O3S/c1-3-26-16(25)11-4-6-12(7-5-11)22-9-8-14-13(15(22)24)10-19-17-20-18(27-2)21-23(14)17/h4-10H,3H2,1-2H3. The first-order valence-electron chi connectivity index (χ1n) is 8.21. The van der Waals surface area contributed by atoms with Gasteiger partial charge in [-0.05, 0) is 43.5 Å². The average molecular weight is 381 g/mol. The molecule has 0 atom stereocenters. The zero-order valence-corrected chi connectivity index (χ0v) is 15.4. The number of hydrogen-bond donors (Lipinski definition) is 0. The number of fused-ring (bicyclic) bond motifs is 3. The summed E-state index contributed by atoms with van der Waals surface area (Å²) in [5.41, 5.74) is 1.48. The van der Waals surface area contributed by atoms with Gasteiger partial charge < -0.3 is 4.74 Å². The normalized spacial score (nSPS) is 11.2. The maximum Gasteiger partial charge on any atom is 0.338 e. The van der Waals surface area contributed by atoms with E-state index in [-0.39, 0.29) is 5.56 Å². The summed E-state index contributed by atoms with van der Waals surface area (Å²) in [7, 11) is 0. The van der Waals surface area contributed by atoms with Gasteiger partial charge in [0.1, 0.15) is 0 Å². The van der Waals surface area contributed by atoms with Crippen LogP contribution >= 0.6 is 11.8 Å². The highest BCUT2D eigenvalue weighted by molar-refractivity contribution is 7.98. The fourth-order valence-corrected chi connectivity index (χ4v) is 3.10. The van der Waals surface area contributed by atoms with Gasteiger partial charge in [-0.15, -0.1) is 5.10 Å². The highest BCUT2D eigenvalue weighted by atomic mass is 32.2. The van der Waals surface area contributed by atoms with Crippen molar-refractivity contribution in [1.82, 2.24) is 24.1 Å². The summed E-state index contributed by atoms with van der Waals surface area (Å²) < 4.78 is 8.04. The first-order valence-corrected chi connectivity index (χ1v) is 9.43. The molecular weight excluding hydrogens is 366 g/mol. The molecule has 0 saturated heterocycles. The zero-order valence-electron chi connectivity index (χ0n) is 14.6. The van der Waals surface area contributed by atoms with Crippen LogP contribution in [0.4, 0.5) is 0 Å². The molecule has 0 aliphatic rings. The molecule has 4 rings (SSSR count). The predicted molar refractivity (Wildman–Crippen MR) is 102 cm³/mol. The fraction of sp³-hybridized carbons (Fsp3) is 0.167. The summed E-state index contributed by atoms with van der Waals surface area (Å²) in [4.78, 5) is 33.2. The zero-order chi connectivity index (χ0) is 19.0. The molecular formula is C18H15N5O3S. The molecule has 1 aromatic carbocycles. The van der Waals surface area contributed by atoms with Gasteiger partial charge in [-0.2, -0.15) is 9.50 Å². The summed E-state index contributed by atoms with van der Waals surface area (Å²) in [6, 6.07) is 8.46. The molecule has 0 radical (unpaired) electrons. The van der Waals surface area contributed by atoms with Crippen LogP contribution in [0.15, 0.2) is 52.7 Å². The van der Waals surface area contributed by atoms with E-state index in [9.17, 15) is 9.59 Å². The summed E-state index contributed by atoms with van der Waals surface area (Å²) in [6.45, 7) is 2.07. The van der Waals surface area contributed by atoms with Crippen molar-refractivity contribution in [3.8, 4) is 5.69 Å². The molecule has 0 aliphatic heterocycles. The monoisotopic (exact) mass is 381 g/mol. The average Bonchev–Trinajstić information content (AvgIpc) is 3.12. The van der Waals surface area contributed by atoms with E-state index in [0.717, 1.165) is 0 Å². The van der Waals surface area contributed by atoms with Crippen LogP contribution in [0.3, 0.4) is 0 Å². The lowest BCUT2D eigenvalue weighted by molar-refractivity contribution is 0.0526. The Kier molecular flexibility index (Phi) is 4.36. The molecule has 4 aromatic rings. The maximum atomic E-state index is 12.9. The van der Waals surface area contributed by atoms with Crippen molar-refractivity contribution in [2.45, 2.75) is 12.1 Å². The fourth-order valence-electron chi connectivity index (χ4n) is 2.76. The minimum absolute atomic E-state index is 0.230. The van der Waals surface area contributed by atoms with Gasteiger partial charge in [0.25, 0.3) is 11.3 Å². The quantitative estimate of drug-likeness (QED) is 0.396. The molecule has 0 saturated carbocycles. The molecule has 0 fully saturated rings. The molecule has 27 heavy (non-hydrogen) atoms. The number of aromatic nitrogens is 5. The molecule has 136 valence electrons. The van der Waals surface area contributed by atoms with Crippen molar-refractivity contribution < 1.29 is 9.53 Å². The second-order valence-electron chi connectivity index (χ2n) is 5.63. The molecule has 0 spiro atoms. The Morgan fingerprint density at radius 1 is 1.22 bits per heavy atom. The predicted octanol–water partition coefficient (Wildman–Crippen LogP) is 2.33. The molecule has 0 N–H and O–H groups in total. The smallest absolute Gasteiger partial charge is 0.338 e. The van der Waals surface area contributed by atoms with E-state index in [0.29, 0.717) is 39.7 Å². The number of pyridine rings is 1. The molecule has 0 unspecified atom stereocenters. The Morgan fingerprint density at radius 3 is 2.70 bits per heavy atom. The van der Waals surface area contributed by atoms with Crippen molar-refractivity contribution in [2.75, 3.05) is 12.9 Å². The topological polar surface area (TPSA) is 91.4 Å². The Labute approximate surface area is 157 Å². The number of carbonyl (C=O) groups excluding carboxylic acids is 1. The number of hydrogen-bond acceptors (Lipinski definition) is 7. The number of esters is 1. The Balaban J connectivity index is 1.81. The third-order valence-electron chi connectivity index (χ3n) is 4.05. The van der Waals surface area contributed by atoms with Crippen LogP contribution in [0.1, 0.15) is 17.3 Å². The lowest BCUT2D eigenvalue weighted by Crippen LogP contribution is -2.19. The summed E-state index contributed by atoms with van der Waals surface area (Å²) in [5, 5.41) is 5.38. The third-order valence-corrected chi connectivity index (χ3v) is 4.59. The van der Waals surface area contributed by atoms with E-state index in [1.54, 1.807) is 48.0 Å². The van der Waals surface area contributed by atoms with E-state index < -0.39 is 5.97 Å². The van der Waals surface area contributed by atoms with Gasteiger partial charge in [-0.1, -0.05) is 11.8 Å². The number of thioether (sulfide) groups is 1. The molecule has 8 nitrogen and oxygen atoms in total. The van der Waals surface area contributed by atoms with Crippen LogP contribution < -0.4 is 5.56 Å². The molecule has 9 heteroatoms. The van der Waals surface area contributed by atoms with E-state index in [4.69, 9.17) is 4.74 Å². The van der Waals surface area contributed by atoms with Gasteiger partial charge in [-0.3, -0.25) is 9.36 Å². The van der Waals surface area contributed by atoms with Gasteiger partial charge in [0.2, 0.25) is 5.16 Å². The Bertz CT molecular complexity index is 1210. The van der Waals surface area contributed by atoms with Crippen molar-refractivity contribution in [1.29, 1.82) is 0 Å². The highest BCUT2D eigenvalue weighted by Gasteiger charge is 2.12. The summed E-state index contributed by atoms with van der Waals surface area (Å²) >= 11 is 1.41. The lowest BCUT2D eigenvalue weighted by atomic mass is 10.2. The Hall–Kier alpha value is -3.20. The number of carbonyl (C=O) groups is 1. The van der Waals surface area contributed by atoms with Gasteiger partial charge >= 0.3 is 5.97 Å². The third kappa shape index (κ3) is 2.95. The van der Waals surface area contributed by atoms with Crippen molar-refractivity contribution in [3.05, 3.63) is 58.6 Å². The first kappa shape index (κ1) is 17.2. The summed E-state index contributed by atoms with van der Waals surface area (Å²) in [6.07, 6.45) is 5.06. The van der Waals surface area contributed by atoms with Crippen LogP contribution in [-0.2, 0) is 4.74 Å². The minimum atomic E-state index is -0.391. The van der Waals surface area contributed by atoms with Gasteiger partial charge in [0.05, 0.1) is 23.1 Å². The molecule has 0 bridgehead atoms. The lowest BCUT2D eigenvalue weighted by Gasteiger charge is -2.08. The van der Waals surface area contributed by atoms with Crippen molar-refractivity contribution >= 4 is 34.4 Å². The van der Waals surface area contributed by atoms with Gasteiger partial charge in [0, 0.05) is 18.1 Å². The van der Waals surface area contributed by atoms with Crippen LogP contribution in [0.5, 0.6) is 0 Å². The van der Waals surface area contributed by atoms with Crippen LogP contribution in [0.25, 0.3) is 22.4 Å². The van der Waals surface area contributed by atoms with E-state index in [1.165, 1.54) is 22.5 Å². The molecule has 0 aliphatic carbocycles. The number of rotatable bonds is 4. The van der Waals surface area contributed by atoms with Gasteiger partial charge in [0.15, 0.2) is 0 Å². The molecule has 3 aromatic heterocycles. The van der Waals surface area contributed by atoms with Crippen molar-refractivity contribution in [2.24, 2.45) is 0 Å². The van der Waals surface area contributed by atoms with E-state index >= 15 is 0 Å². The largest absolute Gasteiger partial charge is 0.462 e. The number of benzene rings is 1. The second-order valence-corrected chi connectivity index (χ2v) is 6.40. The van der Waals surface area contributed by atoms with E-state index in [1.807, 2.05) is 6.26 Å². The van der Waals surface area contributed by atoms with E-state index in [2.05, 4.69) is 15.1 Å². The van der Waals surface area contributed by atoms with Gasteiger partial charge in [-0.25, -0.2) is 9.78 Å². The van der Waals surface area contributed by atoms with Crippen molar-refractivity contribution in [3.63, 3.8) is 0 Å². The molecule has 3 heterocycles. The SMILES string of the molecule is CCOC(=O)c1ccc(-n2ccc3c(cnc4nc(SC)nn43)c2=O)cc1. The second kappa shape index (κ2) is 6.84. The number of nitrogens with zero attached hydrogens (tertiary/aromatic N) is 5. The highest BCUT2D eigenvalue weighted by Crippen LogP contribution is 2.16. The Morgan fingerprint density at radius 2 is 2.00 bits per heavy atom. The molecule has 0 amide bonds. The van der Waals surface area contributed by atoms with Crippen LogP contribution in [0.2, 0.25) is 0 Å². The maximum absolute atomic E-state index is 12.9. The first-order chi connectivity index (χ1) is 13.1.